The van der Waals surface area contributed by atoms with E-state index in [1.807, 2.05) is 13.1 Å². The number of rotatable bonds is 6. The first-order chi connectivity index (χ1) is 8.58. The second kappa shape index (κ2) is 7.48. The molecule has 3 N–H and O–H groups in total. The third-order valence-corrected chi connectivity index (χ3v) is 3.30. The number of carbonyl (C=O) groups is 1. The number of nitrogens with one attached hydrogen (secondary N) is 1. The van der Waals surface area contributed by atoms with Gasteiger partial charge in [0.15, 0.2) is 0 Å². The molecule has 0 fully saturated rings. The lowest BCUT2D eigenvalue weighted by Gasteiger charge is -2.17. The maximum atomic E-state index is 11.4. The van der Waals surface area contributed by atoms with E-state index >= 15 is 0 Å². The SMILES string of the molecule is COCCN(C)Cc1ccc(C(=O)NN)cc1Br. The summed E-state index contributed by atoms with van der Waals surface area (Å²) in [7, 11) is 3.70. The van der Waals surface area contributed by atoms with Gasteiger partial charge < -0.3 is 4.74 Å². The van der Waals surface area contributed by atoms with Crippen LogP contribution in [0.2, 0.25) is 0 Å². The van der Waals surface area contributed by atoms with Crippen molar-refractivity contribution in [3.63, 3.8) is 0 Å². The summed E-state index contributed by atoms with van der Waals surface area (Å²) in [5, 5.41) is 0. The molecule has 5 nitrogen and oxygen atoms in total. The quantitative estimate of drug-likeness (QED) is 0.469. The van der Waals surface area contributed by atoms with Crippen LogP contribution >= 0.6 is 15.9 Å². The highest BCUT2D eigenvalue weighted by molar-refractivity contribution is 9.10. The molecule has 0 saturated carbocycles. The van der Waals surface area contributed by atoms with Gasteiger partial charge in [0, 0.05) is 30.2 Å². The summed E-state index contributed by atoms with van der Waals surface area (Å²) in [6.07, 6.45) is 0. The predicted octanol–water partition coefficient (Wildman–Crippen LogP) is 1.13. The number of likely N-dealkylation sites (N-methyl/N-ethyl adjacent to an activating group) is 1. The maximum Gasteiger partial charge on any atom is 0.265 e. The standard InChI is InChI=1S/C12H18BrN3O2/c1-16(5-6-18-2)8-10-4-3-9(7-11(10)13)12(17)15-14/h3-4,7H,5-6,8,14H2,1-2H3,(H,15,17). The van der Waals surface area contributed by atoms with E-state index in [2.05, 4.69) is 26.3 Å². The highest BCUT2D eigenvalue weighted by Gasteiger charge is 2.08. The summed E-state index contributed by atoms with van der Waals surface area (Å²) in [6, 6.07) is 5.44. The normalized spacial score (nSPS) is 10.7. The van der Waals surface area contributed by atoms with Crippen LogP contribution < -0.4 is 11.3 Å². The average molecular weight is 316 g/mol. The number of carbonyl (C=O) groups excluding carboxylic acids is 1. The van der Waals surface area contributed by atoms with Gasteiger partial charge in [0.1, 0.15) is 0 Å². The van der Waals surface area contributed by atoms with Crippen LogP contribution in [0.5, 0.6) is 0 Å². The average Bonchev–Trinajstić information content (AvgIpc) is 2.37. The molecule has 0 aliphatic carbocycles. The van der Waals surface area contributed by atoms with Gasteiger partial charge in [0.2, 0.25) is 0 Å². The summed E-state index contributed by atoms with van der Waals surface area (Å²) >= 11 is 3.46. The zero-order chi connectivity index (χ0) is 13.5. The Hall–Kier alpha value is -0.950. The summed E-state index contributed by atoms with van der Waals surface area (Å²) in [5.41, 5.74) is 3.76. The van der Waals surface area contributed by atoms with Gasteiger partial charge >= 0.3 is 0 Å². The highest BCUT2D eigenvalue weighted by atomic mass is 79.9. The molecular weight excluding hydrogens is 298 g/mol. The van der Waals surface area contributed by atoms with Gasteiger partial charge in [0.25, 0.3) is 5.91 Å². The molecule has 100 valence electrons. The first-order valence-electron chi connectivity index (χ1n) is 5.55. The van der Waals surface area contributed by atoms with E-state index in [9.17, 15) is 4.79 Å². The molecule has 18 heavy (non-hydrogen) atoms. The van der Waals surface area contributed by atoms with Crippen LogP contribution in [0.1, 0.15) is 15.9 Å². The van der Waals surface area contributed by atoms with Crippen molar-refractivity contribution >= 4 is 21.8 Å². The minimum Gasteiger partial charge on any atom is -0.383 e. The lowest BCUT2D eigenvalue weighted by molar-refractivity contribution is 0.0953. The summed E-state index contributed by atoms with van der Waals surface area (Å²) in [5.74, 6) is 4.79. The number of ether oxygens (including phenoxy) is 1. The third-order valence-electron chi connectivity index (χ3n) is 2.56. The lowest BCUT2D eigenvalue weighted by Crippen LogP contribution is -2.30. The Morgan fingerprint density at radius 1 is 1.56 bits per heavy atom. The van der Waals surface area contributed by atoms with Crippen molar-refractivity contribution in [2.75, 3.05) is 27.3 Å². The van der Waals surface area contributed by atoms with E-state index < -0.39 is 0 Å². The Morgan fingerprint density at radius 3 is 2.83 bits per heavy atom. The van der Waals surface area contributed by atoms with Gasteiger partial charge in [-0.1, -0.05) is 22.0 Å². The zero-order valence-electron chi connectivity index (χ0n) is 10.6. The molecule has 0 aromatic heterocycles. The molecule has 0 heterocycles. The number of amides is 1. The summed E-state index contributed by atoms with van der Waals surface area (Å²) in [6.45, 7) is 2.34. The second-order valence-corrected chi connectivity index (χ2v) is 4.86. The summed E-state index contributed by atoms with van der Waals surface area (Å²) in [4.78, 5) is 13.5. The second-order valence-electron chi connectivity index (χ2n) is 4.01. The third kappa shape index (κ3) is 4.38. The van der Waals surface area contributed by atoms with Crippen molar-refractivity contribution in [3.8, 4) is 0 Å². The van der Waals surface area contributed by atoms with E-state index in [4.69, 9.17) is 10.6 Å². The van der Waals surface area contributed by atoms with Crippen LogP contribution in [0.3, 0.4) is 0 Å². The highest BCUT2D eigenvalue weighted by Crippen LogP contribution is 2.20. The van der Waals surface area contributed by atoms with Gasteiger partial charge in [-0.05, 0) is 24.7 Å². The molecule has 1 aromatic carbocycles. The summed E-state index contributed by atoms with van der Waals surface area (Å²) < 4.78 is 5.92. The number of nitrogens with two attached hydrogens (primary N) is 1. The lowest BCUT2D eigenvalue weighted by atomic mass is 10.1. The fourth-order valence-electron chi connectivity index (χ4n) is 1.52. The molecular formula is C12H18BrN3O2. The van der Waals surface area contributed by atoms with Crippen LogP contribution in [0, 0.1) is 0 Å². The molecule has 1 amide bonds. The Labute approximate surface area is 115 Å². The van der Waals surface area contributed by atoms with Crippen molar-refractivity contribution in [1.82, 2.24) is 10.3 Å². The van der Waals surface area contributed by atoms with Crippen LogP contribution in [-0.4, -0.2) is 38.1 Å². The number of hydrogen-bond donors (Lipinski definition) is 2. The zero-order valence-corrected chi connectivity index (χ0v) is 12.2. The van der Waals surface area contributed by atoms with E-state index in [-0.39, 0.29) is 5.91 Å². The molecule has 1 rings (SSSR count). The molecule has 0 unspecified atom stereocenters. The van der Waals surface area contributed by atoms with Crippen molar-refractivity contribution < 1.29 is 9.53 Å². The van der Waals surface area contributed by atoms with Gasteiger partial charge in [-0.3, -0.25) is 15.1 Å². The van der Waals surface area contributed by atoms with Crippen LogP contribution in [0.4, 0.5) is 0 Å². The van der Waals surface area contributed by atoms with E-state index in [0.29, 0.717) is 12.2 Å². The Balaban J connectivity index is 2.70. The monoisotopic (exact) mass is 315 g/mol. The largest absolute Gasteiger partial charge is 0.383 e. The van der Waals surface area contributed by atoms with E-state index in [0.717, 1.165) is 23.1 Å². The van der Waals surface area contributed by atoms with Gasteiger partial charge in [0.05, 0.1) is 6.61 Å². The number of nitrogens with zero attached hydrogens (tertiary/aromatic N) is 1. The Kier molecular flexibility index (Phi) is 6.28. The Bertz CT molecular complexity index is 412. The minimum atomic E-state index is -0.296. The van der Waals surface area contributed by atoms with Crippen LogP contribution in [-0.2, 0) is 11.3 Å². The van der Waals surface area contributed by atoms with Gasteiger partial charge in [-0.25, -0.2) is 5.84 Å². The van der Waals surface area contributed by atoms with Gasteiger partial charge in [-0.2, -0.15) is 0 Å². The minimum absolute atomic E-state index is 0.296. The first-order valence-corrected chi connectivity index (χ1v) is 6.34. The molecule has 0 aliphatic heterocycles. The van der Waals surface area contributed by atoms with Crippen molar-refractivity contribution in [1.29, 1.82) is 0 Å². The maximum absolute atomic E-state index is 11.4. The number of hydrazine groups is 1. The molecule has 0 bridgehead atoms. The number of benzene rings is 1. The number of halogens is 1. The molecule has 0 spiro atoms. The molecule has 1 aromatic rings. The smallest absolute Gasteiger partial charge is 0.265 e. The fourth-order valence-corrected chi connectivity index (χ4v) is 2.02. The predicted molar refractivity (Wildman–Crippen MR) is 74.0 cm³/mol. The van der Waals surface area contributed by atoms with Crippen LogP contribution in [0.15, 0.2) is 22.7 Å². The van der Waals surface area contributed by atoms with Crippen molar-refractivity contribution in [3.05, 3.63) is 33.8 Å². The first kappa shape index (κ1) is 15.1. The Morgan fingerprint density at radius 2 is 2.28 bits per heavy atom. The molecule has 0 saturated heterocycles. The number of hydrogen-bond acceptors (Lipinski definition) is 4. The van der Waals surface area contributed by atoms with E-state index in [1.54, 1.807) is 19.2 Å². The van der Waals surface area contributed by atoms with Gasteiger partial charge in [-0.15, -0.1) is 0 Å². The number of nitrogen functional groups attached to an aromatic ring is 1. The fraction of sp³-hybridized carbons (Fsp3) is 0.417. The van der Waals surface area contributed by atoms with Crippen molar-refractivity contribution in [2.24, 2.45) is 5.84 Å². The topological polar surface area (TPSA) is 67.6 Å². The van der Waals surface area contributed by atoms with E-state index in [1.165, 1.54) is 0 Å². The molecule has 0 atom stereocenters. The van der Waals surface area contributed by atoms with Crippen molar-refractivity contribution in [2.45, 2.75) is 6.54 Å². The molecule has 0 radical (unpaired) electrons. The van der Waals surface area contributed by atoms with Crippen LogP contribution in [0.25, 0.3) is 0 Å². The number of methoxy groups -OCH3 is 1. The molecule has 0 aliphatic rings. The molecule has 6 heteroatoms.